The summed E-state index contributed by atoms with van der Waals surface area (Å²) in [5, 5.41) is 1.71. The number of hydrogen-bond acceptors (Lipinski definition) is 5. The van der Waals surface area contributed by atoms with E-state index in [4.69, 9.17) is 4.84 Å². The van der Waals surface area contributed by atoms with Crippen LogP contribution in [0.3, 0.4) is 0 Å². The van der Waals surface area contributed by atoms with Crippen LogP contribution in [0, 0.1) is 11.3 Å². The van der Waals surface area contributed by atoms with Gasteiger partial charge in [0.15, 0.2) is 0 Å². The first kappa shape index (κ1) is 17.2. The molecule has 2 heterocycles. The number of piperazine rings is 1. The quantitative estimate of drug-likeness (QED) is 0.761. The van der Waals surface area contributed by atoms with Crippen molar-refractivity contribution in [2.24, 2.45) is 11.3 Å². The summed E-state index contributed by atoms with van der Waals surface area (Å²) in [6, 6.07) is 0. The highest BCUT2D eigenvalue weighted by Gasteiger charge is 2.32. The number of nitrogens with zero attached hydrogens (tertiary/aromatic N) is 3. The molecule has 126 valence electrons. The van der Waals surface area contributed by atoms with Gasteiger partial charge in [-0.15, -0.1) is 5.06 Å². The van der Waals surface area contributed by atoms with Crippen molar-refractivity contribution >= 4 is 11.9 Å². The van der Waals surface area contributed by atoms with Gasteiger partial charge in [0.2, 0.25) is 5.91 Å². The third-order valence-corrected chi connectivity index (χ3v) is 4.44. The molecule has 0 saturated carbocycles. The average molecular weight is 311 g/mol. The monoisotopic (exact) mass is 311 g/mol. The Bertz CT molecular complexity index is 403. The Hall–Kier alpha value is -1.14. The highest BCUT2D eigenvalue weighted by atomic mass is 16.7. The summed E-state index contributed by atoms with van der Waals surface area (Å²) in [7, 11) is 2.09. The maximum Gasteiger partial charge on any atom is 0.330 e. The number of rotatable bonds is 2. The van der Waals surface area contributed by atoms with E-state index in [0.717, 1.165) is 39.0 Å². The van der Waals surface area contributed by atoms with Crippen LogP contribution in [0.5, 0.6) is 0 Å². The van der Waals surface area contributed by atoms with Crippen molar-refractivity contribution in [1.82, 2.24) is 14.9 Å². The first-order valence-corrected chi connectivity index (χ1v) is 8.22. The summed E-state index contributed by atoms with van der Waals surface area (Å²) in [5.74, 6) is 0.138. The fourth-order valence-electron chi connectivity index (χ4n) is 2.73. The SMILES string of the molecule is CN1CCN(C(=O)C2CCN(OC(=O)C(C)(C)C)CC2)CC1. The van der Waals surface area contributed by atoms with Crippen molar-refractivity contribution in [1.29, 1.82) is 0 Å². The van der Waals surface area contributed by atoms with Crippen LogP contribution in [-0.4, -0.2) is 73.1 Å². The Morgan fingerprint density at radius 2 is 1.50 bits per heavy atom. The normalized spacial score (nSPS) is 22.6. The van der Waals surface area contributed by atoms with Crippen LogP contribution in [0.25, 0.3) is 0 Å². The van der Waals surface area contributed by atoms with Gasteiger partial charge in [0.05, 0.1) is 5.41 Å². The summed E-state index contributed by atoms with van der Waals surface area (Å²) in [4.78, 5) is 34.1. The van der Waals surface area contributed by atoms with E-state index in [2.05, 4.69) is 11.9 Å². The van der Waals surface area contributed by atoms with Crippen LogP contribution in [0.2, 0.25) is 0 Å². The number of hydroxylamine groups is 2. The van der Waals surface area contributed by atoms with Crippen LogP contribution in [0.4, 0.5) is 0 Å². The van der Waals surface area contributed by atoms with Gasteiger partial charge in [-0.1, -0.05) is 0 Å². The van der Waals surface area contributed by atoms with E-state index in [-0.39, 0.29) is 17.8 Å². The summed E-state index contributed by atoms with van der Waals surface area (Å²) >= 11 is 0. The summed E-state index contributed by atoms with van der Waals surface area (Å²) < 4.78 is 0. The Kier molecular flexibility index (Phi) is 5.45. The van der Waals surface area contributed by atoms with Crippen LogP contribution in [0.15, 0.2) is 0 Å². The summed E-state index contributed by atoms with van der Waals surface area (Å²) in [6.45, 7) is 10.4. The highest BCUT2D eigenvalue weighted by Crippen LogP contribution is 2.23. The molecule has 2 rings (SSSR count). The molecule has 0 atom stereocenters. The third-order valence-electron chi connectivity index (χ3n) is 4.44. The molecule has 6 nitrogen and oxygen atoms in total. The van der Waals surface area contributed by atoms with E-state index in [0.29, 0.717) is 13.1 Å². The predicted octanol–water partition coefficient (Wildman–Crippen LogP) is 0.977. The lowest BCUT2D eigenvalue weighted by Crippen LogP contribution is -2.50. The van der Waals surface area contributed by atoms with Crippen LogP contribution < -0.4 is 0 Å². The second kappa shape index (κ2) is 6.96. The van der Waals surface area contributed by atoms with Crippen molar-refractivity contribution < 1.29 is 14.4 Å². The Morgan fingerprint density at radius 3 is 2.00 bits per heavy atom. The van der Waals surface area contributed by atoms with Crippen molar-refractivity contribution in [2.45, 2.75) is 33.6 Å². The molecule has 0 N–H and O–H groups in total. The van der Waals surface area contributed by atoms with E-state index in [1.54, 1.807) is 5.06 Å². The number of carbonyl (C=O) groups is 2. The highest BCUT2D eigenvalue weighted by molar-refractivity contribution is 5.79. The Morgan fingerprint density at radius 1 is 0.955 bits per heavy atom. The molecule has 2 fully saturated rings. The standard InChI is InChI=1S/C16H29N3O3/c1-16(2,3)15(21)22-19-7-5-13(6-8-19)14(20)18-11-9-17(4)10-12-18/h13H,5-12H2,1-4H3. The summed E-state index contributed by atoms with van der Waals surface area (Å²) in [6.07, 6.45) is 1.53. The molecule has 0 aromatic carbocycles. The van der Waals surface area contributed by atoms with Gasteiger partial charge >= 0.3 is 5.97 Å². The van der Waals surface area contributed by atoms with Gasteiger partial charge in [-0.05, 0) is 40.7 Å². The van der Waals surface area contributed by atoms with Gasteiger partial charge in [-0.25, -0.2) is 4.79 Å². The summed E-state index contributed by atoms with van der Waals surface area (Å²) in [5.41, 5.74) is -0.494. The zero-order valence-electron chi connectivity index (χ0n) is 14.3. The van der Waals surface area contributed by atoms with Crippen molar-refractivity contribution in [3.05, 3.63) is 0 Å². The van der Waals surface area contributed by atoms with E-state index in [1.807, 2.05) is 25.7 Å². The van der Waals surface area contributed by atoms with Gasteiger partial charge in [0, 0.05) is 45.2 Å². The minimum atomic E-state index is -0.494. The molecule has 0 bridgehead atoms. The van der Waals surface area contributed by atoms with E-state index in [1.165, 1.54) is 0 Å². The van der Waals surface area contributed by atoms with E-state index >= 15 is 0 Å². The lowest BCUT2D eigenvalue weighted by molar-refractivity contribution is -0.206. The molecular weight excluding hydrogens is 282 g/mol. The Labute approximate surface area is 133 Å². The predicted molar refractivity (Wildman–Crippen MR) is 83.9 cm³/mol. The first-order valence-electron chi connectivity index (χ1n) is 8.22. The molecule has 0 aromatic heterocycles. The zero-order chi connectivity index (χ0) is 16.3. The smallest absolute Gasteiger partial charge is 0.330 e. The van der Waals surface area contributed by atoms with Crippen LogP contribution in [0.1, 0.15) is 33.6 Å². The second-order valence-corrected chi connectivity index (χ2v) is 7.46. The second-order valence-electron chi connectivity index (χ2n) is 7.46. The van der Waals surface area contributed by atoms with Gasteiger partial charge in [0.1, 0.15) is 0 Å². The molecule has 0 aromatic rings. The molecule has 2 aliphatic heterocycles. The van der Waals surface area contributed by atoms with Crippen molar-refractivity contribution in [2.75, 3.05) is 46.3 Å². The molecule has 6 heteroatoms. The minimum absolute atomic E-state index is 0.0768. The fourth-order valence-corrected chi connectivity index (χ4v) is 2.73. The van der Waals surface area contributed by atoms with Gasteiger partial charge < -0.3 is 14.6 Å². The molecule has 0 aliphatic carbocycles. The zero-order valence-corrected chi connectivity index (χ0v) is 14.3. The molecule has 0 unspecified atom stereocenters. The van der Waals surface area contributed by atoms with E-state index in [9.17, 15) is 9.59 Å². The topological polar surface area (TPSA) is 53.1 Å². The van der Waals surface area contributed by atoms with Crippen molar-refractivity contribution in [3.63, 3.8) is 0 Å². The van der Waals surface area contributed by atoms with Gasteiger partial charge in [-0.2, -0.15) is 0 Å². The maximum atomic E-state index is 12.5. The molecule has 22 heavy (non-hydrogen) atoms. The number of hydrogen-bond donors (Lipinski definition) is 0. The third kappa shape index (κ3) is 4.43. The fraction of sp³-hybridized carbons (Fsp3) is 0.875. The molecule has 1 amide bonds. The first-order chi connectivity index (χ1) is 10.3. The molecule has 0 radical (unpaired) electrons. The lowest BCUT2D eigenvalue weighted by Gasteiger charge is -2.37. The minimum Gasteiger partial charge on any atom is -0.367 e. The maximum absolute atomic E-state index is 12.5. The average Bonchev–Trinajstić information content (AvgIpc) is 2.47. The van der Waals surface area contributed by atoms with Gasteiger partial charge in [-0.3, -0.25) is 4.79 Å². The number of piperidine rings is 1. The van der Waals surface area contributed by atoms with Crippen LogP contribution in [-0.2, 0) is 14.4 Å². The van der Waals surface area contributed by atoms with Crippen LogP contribution >= 0.6 is 0 Å². The number of carbonyl (C=O) groups excluding carboxylic acids is 2. The molecular formula is C16H29N3O3. The lowest BCUT2D eigenvalue weighted by atomic mass is 9.95. The Balaban J connectivity index is 1.77. The molecule has 2 aliphatic rings. The van der Waals surface area contributed by atoms with Gasteiger partial charge in [0.25, 0.3) is 0 Å². The molecule has 0 spiro atoms. The van der Waals surface area contributed by atoms with E-state index < -0.39 is 5.41 Å². The molecule has 2 saturated heterocycles. The number of amides is 1. The van der Waals surface area contributed by atoms with Crippen molar-refractivity contribution in [3.8, 4) is 0 Å². The largest absolute Gasteiger partial charge is 0.367 e. The number of likely N-dealkylation sites (N-methyl/N-ethyl adjacent to an activating group) is 1.